The van der Waals surface area contributed by atoms with Gasteiger partial charge in [0.25, 0.3) is 11.5 Å². The van der Waals surface area contributed by atoms with Crippen LogP contribution in [0.5, 0.6) is 0 Å². The Morgan fingerprint density at radius 3 is 2.72 bits per heavy atom. The van der Waals surface area contributed by atoms with E-state index in [1.165, 1.54) is 7.05 Å². The summed E-state index contributed by atoms with van der Waals surface area (Å²) in [6, 6.07) is 6.84. The molecule has 18 heavy (non-hydrogen) atoms. The van der Waals surface area contributed by atoms with E-state index in [1.807, 2.05) is 0 Å². The van der Waals surface area contributed by atoms with Crippen LogP contribution in [0.15, 0.2) is 29.1 Å². The van der Waals surface area contributed by atoms with Crippen molar-refractivity contribution in [2.45, 2.75) is 6.92 Å². The van der Waals surface area contributed by atoms with E-state index >= 15 is 0 Å². The largest absolute Gasteiger partial charge is 0.295 e. The molecule has 0 radical (unpaired) electrons. The molecule has 94 valence electrons. The first kappa shape index (κ1) is 12.3. The van der Waals surface area contributed by atoms with Crippen molar-refractivity contribution in [3.63, 3.8) is 0 Å². The lowest BCUT2D eigenvalue weighted by Gasteiger charge is -2.07. The summed E-state index contributed by atoms with van der Waals surface area (Å²) in [5.74, 6) is -0.469. The van der Waals surface area contributed by atoms with E-state index < -0.39 is 5.91 Å². The number of aryl methyl sites for hydroxylation is 1. The lowest BCUT2D eigenvalue weighted by Crippen LogP contribution is -2.29. The van der Waals surface area contributed by atoms with Crippen molar-refractivity contribution in [3.8, 4) is 0 Å². The third-order valence-electron chi connectivity index (χ3n) is 2.48. The SMILES string of the molecule is CCONC(=O)c1nn(C)c(=O)c2ccccc12. The fraction of sp³-hybridized carbons (Fsp3) is 0.250. The lowest BCUT2D eigenvalue weighted by molar-refractivity contribution is 0.0360. The molecule has 0 saturated carbocycles. The van der Waals surface area contributed by atoms with Gasteiger partial charge in [-0.25, -0.2) is 10.2 Å². The van der Waals surface area contributed by atoms with Crippen molar-refractivity contribution in [2.75, 3.05) is 6.61 Å². The van der Waals surface area contributed by atoms with Gasteiger partial charge >= 0.3 is 0 Å². The van der Waals surface area contributed by atoms with E-state index in [0.717, 1.165) is 4.68 Å². The van der Waals surface area contributed by atoms with Gasteiger partial charge in [0.05, 0.1) is 12.0 Å². The number of nitrogens with zero attached hydrogens (tertiary/aromatic N) is 2. The molecule has 0 unspecified atom stereocenters. The van der Waals surface area contributed by atoms with E-state index in [1.54, 1.807) is 31.2 Å². The Morgan fingerprint density at radius 1 is 1.39 bits per heavy atom. The van der Waals surface area contributed by atoms with Crippen molar-refractivity contribution in [2.24, 2.45) is 7.05 Å². The lowest BCUT2D eigenvalue weighted by atomic mass is 10.1. The Labute approximate surface area is 103 Å². The molecule has 0 saturated heterocycles. The highest BCUT2D eigenvalue weighted by Crippen LogP contribution is 2.12. The average molecular weight is 247 g/mol. The molecular weight excluding hydrogens is 234 g/mol. The number of aromatic nitrogens is 2. The molecule has 2 rings (SSSR count). The highest BCUT2D eigenvalue weighted by atomic mass is 16.6. The highest BCUT2D eigenvalue weighted by molar-refractivity contribution is 6.04. The summed E-state index contributed by atoms with van der Waals surface area (Å²) in [6.45, 7) is 2.11. The Hall–Kier alpha value is -2.21. The van der Waals surface area contributed by atoms with Gasteiger partial charge in [0.2, 0.25) is 0 Å². The summed E-state index contributed by atoms with van der Waals surface area (Å²) < 4.78 is 1.14. The number of nitrogens with one attached hydrogen (secondary N) is 1. The van der Waals surface area contributed by atoms with E-state index in [0.29, 0.717) is 17.4 Å². The van der Waals surface area contributed by atoms with Crippen LogP contribution in [-0.4, -0.2) is 22.3 Å². The van der Waals surface area contributed by atoms with Crippen molar-refractivity contribution in [3.05, 3.63) is 40.3 Å². The molecule has 0 bridgehead atoms. The normalized spacial score (nSPS) is 10.6. The number of benzene rings is 1. The van der Waals surface area contributed by atoms with Crippen LogP contribution in [0, 0.1) is 0 Å². The standard InChI is InChI=1S/C12H13N3O3/c1-3-18-14-11(16)10-8-6-4-5-7-9(8)12(17)15(2)13-10/h4-7H,3H2,1-2H3,(H,14,16). The maximum atomic E-state index is 11.9. The molecule has 0 aliphatic rings. The Bertz CT molecular complexity index is 649. The molecule has 1 heterocycles. The van der Waals surface area contributed by atoms with Gasteiger partial charge in [0.1, 0.15) is 0 Å². The van der Waals surface area contributed by atoms with E-state index in [2.05, 4.69) is 10.6 Å². The van der Waals surface area contributed by atoms with E-state index in [9.17, 15) is 9.59 Å². The van der Waals surface area contributed by atoms with Gasteiger partial charge in [-0.1, -0.05) is 18.2 Å². The summed E-state index contributed by atoms with van der Waals surface area (Å²) in [5, 5.41) is 4.93. The van der Waals surface area contributed by atoms with Crippen LogP contribution < -0.4 is 11.0 Å². The topological polar surface area (TPSA) is 73.2 Å². The number of fused-ring (bicyclic) bond motifs is 1. The van der Waals surface area contributed by atoms with Crippen molar-refractivity contribution >= 4 is 16.7 Å². The van der Waals surface area contributed by atoms with E-state index in [-0.39, 0.29) is 11.3 Å². The van der Waals surface area contributed by atoms with Crippen LogP contribution in [0.2, 0.25) is 0 Å². The molecule has 6 heteroatoms. The van der Waals surface area contributed by atoms with Gasteiger partial charge in [-0.3, -0.25) is 14.4 Å². The molecule has 0 spiro atoms. The second kappa shape index (κ2) is 4.97. The predicted molar refractivity (Wildman–Crippen MR) is 66.1 cm³/mol. The molecule has 1 aromatic heterocycles. The summed E-state index contributed by atoms with van der Waals surface area (Å²) in [7, 11) is 1.51. The summed E-state index contributed by atoms with van der Waals surface area (Å²) in [4.78, 5) is 28.6. The predicted octanol–water partition coefficient (Wildman–Crippen LogP) is 0.615. The number of amides is 1. The zero-order valence-corrected chi connectivity index (χ0v) is 10.1. The molecule has 0 aliphatic carbocycles. The van der Waals surface area contributed by atoms with Gasteiger partial charge in [-0.15, -0.1) is 0 Å². The van der Waals surface area contributed by atoms with Crippen LogP contribution in [0.25, 0.3) is 10.8 Å². The fourth-order valence-corrected chi connectivity index (χ4v) is 1.65. The van der Waals surface area contributed by atoms with Crippen LogP contribution in [0.3, 0.4) is 0 Å². The third-order valence-corrected chi connectivity index (χ3v) is 2.48. The monoisotopic (exact) mass is 247 g/mol. The van der Waals surface area contributed by atoms with Gasteiger partial charge in [0.15, 0.2) is 5.69 Å². The van der Waals surface area contributed by atoms with Crippen molar-refractivity contribution < 1.29 is 9.63 Å². The van der Waals surface area contributed by atoms with Crippen molar-refractivity contribution in [1.29, 1.82) is 0 Å². The molecule has 0 aliphatic heterocycles. The number of hydrogen-bond donors (Lipinski definition) is 1. The first-order valence-corrected chi connectivity index (χ1v) is 5.53. The van der Waals surface area contributed by atoms with E-state index in [4.69, 9.17) is 4.84 Å². The summed E-state index contributed by atoms with van der Waals surface area (Å²) in [6.07, 6.45) is 0. The van der Waals surface area contributed by atoms with Gasteiger partial charge < -0.3 is 0 Å². The summed E-state index contributed by atoms with van der Waals surface area (Å²) in [5.41, 5.74) is 2.20. The van der Waals surface area contributed by atoms with Crippen LogP contribution in [0.1, 0.15) is 17.4 Å². The fourth-order valence-electron chi connectivity index (χ4n) is 1.65. The molecule has 2 aromatic rings. The molecule has 1 amide bonds. The first-order valence-electron chi connectivity index (χ1n) is 5.53. The maximum Gasteiger partial charge on any atom is 0.295 e. The Balaban J connectivity index is 2.61. The smallest absolute Gasteiger partial charge is 0.274 e. The molecule has 1 aromatic carbocycles. The van der Waals surface area contributed by atoms with Gasteiger partial charge in [0, 0.05) is 12.4 Å². The minimum Gasteiger partial charge on any atom is -0.274 e. The van der Waals surface area contributed by atoms with Gasteiger partial charge in [-0.2, -0.15) is 5.10 Å². The van der Waals surface area contributed by atoms with Crippen LogP contribution in [0.4, 0.5) is 0 Å². The van der Waals surface area contributed by atoms with Crippen molar-refractivity contribution in [1.82, 2.24) is 15.3 Å². The van der Waals surface area contributed by atoms with Crippen LogP contribution in [-0.2, 0) is 11.9 Å². The molecular formula is C12H13N3O3. The average Bonchev–Trinajstić information content (AvgIpc) is 2.40. The number of carbonyl (C=O) groups is 1. The molecule has 0 fully saturated rings. The van der Waals surface area contributed by atoms with Crippen LogP contribution >= 0.6 is 0 Å². The number of carbonyl (C=O) groups excluding carboxylic acids is 1. The highest BCUT2D eigenvalue weighted by Gasteiger charge is 2.15. The summed E-state index contributed by atoms with van der Waals surface area (Å²) >= 11 is 0. The molecule has 6 nitrogen and oxygen atoms in total. The number of rotatable bonds is 3. The third kappa shape index (κ3) is 2.10. The number of hydrogen-bond acceptors (Lipinski definition) is 4. The minimum atomic E-state index is -0.469. The minimum absolute atomic E-state index is 0.168. The second-order valence-corrected chi connectivity index (χ2v) is 3.69. The molecule has 1 N–H and O–H groups in total. The zero-order chi connectivity index (χ0) is 13.1. The van der Waals surface area contributed by atoms with Gasteiger partial charge in [-0.05, 0) is 13.0 Å². The number of hydroxylamine groups is 1. The molecule has 0 atom stereocenters. The maximum absolute atomic E-state index is 11.9. The Kier molecular flexibility index (Phi) is 3.38. The quantitative estimate of drug-likeness (QED) is 0.807. The zero-order valence-electron chi connectivity index (χ0n) is 10.1. The second-order valence-electron chi connectivity index (χ2n) is 3.69. The Morgan fingerprint density at radius 2 is 2.06 bits per heavy atom. The first-order chi connectivity index (χ1) is 8.65.